The molecule has 0 heterocycles. The summed E-state index contributed by atoms with van der Waals surface area (Å²) in [7, 11) is 0. The number of benzene rings is 2. The molecule has 2 aromatic carbocycles. The summed E-state index contributed by atoms with van der Waals surface area (Å²) in [6.07, 6.45) is 4.30. The second-order valence-electron chi connectivity index (χ2n) is 9.29. The zero-order valence-corrected chi connectivity index (χ0v) is 20.1. The van der Waals surface area contributed by atoms with E-state index in [0.717, 1.165) is 11.1 Å². The summed E-state index contributed by atoms with van der Waals surface area (Å²) >= 11 is 0. The van der Waals surface area contributed by atoms with Crippen LogP contribution in [0, 0.1) is 11.8 Å². The minimum atomic E-state index is -0.922. The Bertz CT molecular complexity index is 1080. The third-order valence-corrected chi connectivity index (χ3v) is 6.93. The topological polar surface area (TPSA) is 95.9 Å². The molecule has 3 unspecified atom stereocenters. The molecule has 2 aromatic rings. The number of rotatable bonds is 8. The largest absolute Gasteiger partial charge is 0.481 e. The van der Waals surface area contributed by atoms with E-state index in [1.165, 1.54) is 11.1 Å². The summed E-state index contributed by atoms with van der Waals surface area (Å²) in [4.78, 5) is 38.5. The van der Waals surface area contributed by atoms with Gasteiger partial charge in [0.25, 0.3) is 0 Å². The highest BCUT2D eigenvalue weighted by Crippen LogP contribution is 2.44. The van der Waals surface area contributed by atoms with Gasteiger partial charge in [-0.15, -0.1) is 0 Å². The van der Waals surface area contributed by atoms with Crippen molar-refractivity contribution >= 4 is 18.0 Å². The van der Waals surface area contributed by atoms with Crippen molar-refractivity contribution in [1.82, 2.24) is 10.2 Å². The van der Waals surface area contributed by atoms with Crippen molar-refractivity contribution in [2.24, 2.45) is 11.8 Å². The average molecular weight is 477 g/mol. The van der Waals surface area contributed by atoms with Gasteiger partial charge >= 0.3 is 12.1 Å². The first-order chi connectivity index (χ1) is 16.9. The molecule has 0 fully saturated rings. The van der Waals surface area contributed by atoms with Gasteiger partial charge in [-0.3, -0.25) is 9.59 Å². The monoisotopic (exact) mass is 476 g/mol. The molecule has 3 atom stereocenters. The van der Waals surface area contributed by atoms with Crippen LogP contribution in [0.1, 0.15) is 43.7 Å². The van der Waals surface area contributed by atoms with E-state index in [0.29, 0.717) is 19.4 Å². The fourth-order valence-electron chi connectivity index (χ4n) is 5.03. The van der Waals surface area contributed by atoms with Crippen LogP contribution in [-0.4, -0.2) is 53.7 Å². The van der Waals surface area contributed by atoms with E-state index < -0.39 is 18.0 Å². The summed E-state index contributed by atoms with van der Waals surface area (Å²) in [6.45, 7) is 4.30. The molecule has 2 aliphatic carbocycles. The van der Waals surface area contributed by atoms with Crippen molar-refractivity contribution in [1.29, 1.82) is 0 Å². The fraction of sp³-hybridized carbons (Fsp3) is 0.393. The van der Waals surface area contributed by atoms with Gasteiger partial charge in [-0.1, -0.05) is 67.6 Å². The van der Waals surface area contributed by atoms with Gasteiger partial charge in [0.05, 0.1) is 12.0 Å². The number of carboxylic acids is 1. The van der Waals surface area contributed by atoms with Crippen LogP contribution in [0.3, 0.4) is 0 Å². The first kappa shape index (κ1) is 24.5. The number of fused-ring (bicyclic) bond motifs is 3. The van der Waals surface area contributed by atoms with Crippen LogP contribution in [0.25, 0.3) is 11.1 Å². The number of carboxylic acid groups (broad SMARTS) is 1. The summed E-state index contributed by atoms with van der Waals surface area (Å²) in [5, 5.41) is 12.1. The zero-order valence-electron chi connectivity index (χ0n) is 20.1. The standard InChI is InChI=1S/C28H32N2O5/c1-3-30(16-18(2)27(32)33)26(31)19-9-8-10-20(15-19)29-28(34)35-17-25-23-13-6-4-11-21(23)22-12-5-7-14-24(22)25/h4-8,10-14,18-20,25H,3,9,15-17H2,1-2H3,(H,29,34)(H,32,33). The van der Waals surface area contributed by atoms with E-state index in [1.807, 2.05) is 43.3 Å². The fourth-order valence-corrected chi connectivity index (χ4v) is 5.03. The van der Waals surface area contributed by atoms with Gasteiger partial charge in [0.15, 0.2) is 0 Å². The Kier molecular flexibility index (Phi) is 7.54. The number of hydrogen-bond donors (Lipinski definition) is 2. The molecule has 184 valence electrons. The van der Waals surface area contributed by atoms with Crippen LogP contribution in [0.2, 0.25) is 0 Å². The van der Waals surface area contributed by atoms with Gasteiger partial charge < -0.3 is 20.1 Å². The molecule has 0 aliphatic heterocycles. The Morgan fingerprint density at radius 1 is 1.09 bits per heavy atom. The average Bonchev–Trinajstić information content (AvgIpc) is 3.19. The molecule has 2 aliphatic rings. The van der Waals surface area contributed by atoms with Crippen LogP contribution < -0.4 is 5.32 Å². The number of hydrogen-bond acceptors (Lipinski definition) is 4. The molecule has 0 radical (unpaired) electrons. The molecule has 0 saturated carbocycles. The van der Waals surface area contributed by atoms with Gasteiger partial charge in [-0.2, -0.15) is 0 Å². The molecular formula is C28H32N2O5. The second kappa shape index (κ2) is 10.8. The molecule has 2 amide bonds. The summed E-state index contributed by atoms with van der Waals surface area (Å²) < 4.78 is 5.64. The van der Waals surface area contributed by atoms with Crippen molar-refractivity contribution in [2.75, 3.05) is 19.7 Å². The number of alkyl carbamates (subject to hydrolysis) is 1. The van der Waals surface area contributed by atoms with Crippen molar-refractivity contribution in [3.05, 3.63) is 71.8 Å². The van der Waals surface area contributed by atoms with Crippen LogP contribution in [-0.2, 0) is 14.3 Å². The zero-order chi connectivity index (χ0) is 24.9. The Morgan fingerprint density at radius 2 is 1.71 bits per heavy atom. The minimum Gasteiger partial charge on any atom is -0.481 e. The second-order valence-corrected chi connectivity index (χ2v) is 9.29. The van der Waals surface area contributed by atoms with Crippen molar-refractivity contribution < 1.29 is 24.2 Å². The van der Waals surface area contributed by atoms with E-state index in [1.54, 1.807) is 11.8 Å². The van der Waals surface area contributed by atoms with Crippen LogP contribution >= 0.6 is 0 Å². The third kappa shape index (κ3) is 5.39. The predicted molar refractivity (Wildman–Crippen MR) is 133 cm³/mol. The molecule has 35 heavy (non-hydrogen) atoms. The molecular weight excluding hydrogens is 444 g/mol. The molecule has 7 nitrogen and oxygen atoms in total. The summed E-state index contributed by atoms with van der Waals surface area (Å²) in [5.41, 5.74) is 4.65. The number of aliphatic carboxylic acids is 1. The Balaban J connectivity index is 1.34. The third-order valence-electron chi connectivity index (χ3n) is 6.93. The maximum absolute atomic E-state index is 13.0. The van der Waals surface area contributed by atoms with Crippen LogP contribution in [0.15, 0.2) is 60.7 Å². The summed E-state index contributed by atoms with van der Waals surface area (Å²) in [6, 6.07) is 16.0. The lowest BCUT2D eigenvalue weighted by Crippen LogP contribution is -2.44. The number of allylic oxidation sites excluding steroid dienone is 1. The van der Waals surface area contributed by atoms with Crippen molar-refractivity contribution in [2.45, 2.75) is 38.6 Å². The SMILES string of the molecule is CCN(CC(C)C(=O)O)C(=O)C1CC=CC(NC(=O)OCC2c3ccccc3-c3ccccc32)C1. The van der Waals surface area contributed by atoms with Gasteiger partial charge in [-0.25, -0.2) is 4.79 Å². The normalized spacial score (nSPS) is 19.4. The Hall–Kier alpha value is -3.61. The number of nitrogens with zero attached hydrogens (tertiary/aromatic N) is 1. The van der Waals surface area contributed by atoms with Gasteiger partial charge in [0.1, 0.15) is 6.61 Å². The van der Waals surface area contributed by atoms with Gasteiger partial charge in [-0.05, 0) is 42.0 Å². The smallest absolute Gasteiger partial charge is 0.407 e. The Morgan fingerprint density at radius 3 is 2.31 bits per heavy atom. The number of ether oxygens (including phenoxy) is 1. The number of carbonyl (C=O) groups is 3. The maximum Gasteiger partial charge on any atom is 0.407 e. The molecule has 0 spiro atoms. The minimum absolute atomic E-state index is 0.0151. The van der Waals surface area contributed by atoms with E-state index in [2.05, 4.69) is 29.6 Å². The van der Waals surface area contributed by atoms with Crippen LogP contribution in [0.5, 0.6) is 0 Å². The van der Waals surface area contributed by atoms with E-state index in [4.69, 9.17) is 4.74 Å². The number of amides is 2. The number of carbonyl (C=O) groups excluding carboxylic acids is 2. The van der Waals surface area contributed by atoms with Crippen molar-refractivity contribution in [3.8, 4) is 11.1 Å². The molecule has 7 heteroatoms. The first-order valence-electron chi connectivity index (χ1n) is 12.2. The highest BCUT2D eigenvalue weighted by atomic mass is 16.5. The molecule has 2 N–H and O–H groups in total. The Labute approximate surface area is 205 Å². The van der Waals surface area contributed by atoms with Crippen molar-refractivity contribution in [3.63, 3.8) is 0 Å². The maximum atomic E-state index is 13.0. The lowest BCUT2D eigenvalue weighted by molar-refractivity contribution is -0.144. The summed E-state index contributed by atoms with van der Waals surface area (Å²) in [5.74, 6) is -1.95. The van der Waals surface area contributed by atoms with Crippen LogP contribution in [0.4, 0.5) is 4.79 Å². The van der Waals surface area contributed by atoms with E-state index in [9.17, 15) is 19.5 Å². The van der Waals surface area contributed by atoms with Gasteiger partial charge in [0, 0.05) is 24.9 Å². The highest BCUT2D eigenvalue weighted by Gasteiger charge is 2.31. The highest BCUT2D eigenvalue weighted by molar-refractivity contribution is 5.81. The lowest BCUT2D eigenvalue weighted by atomic mass is 9.89. The molecule has 0 aromatic heterocycles. The van der Waals surface area contributed by atoms with E-state index >= 15 is 0 Å². The van der Waals surface area contributed by atoms with E-state index in [-0.39, 0.29) is 36.9 Å². The van der Waals surface area contributed by atoms with Gasteiger partial charge in [0.2, 0.25) is 5.91 Å². The number of nitrogens with one attached hydrogen (secondary N) is 1. The quantitative estimate of drug-likeness (QED) is 0.550. The molecule has 4 rings (SSSR count). The molecule has 0 bridgehead atoms. The molecule has 0 saturated heterocycles. The predicted octanol–water partition coefficient (Wildman–Crippen LogP) is 4.43. The lowest BCUT2D eigenvalue weighted by Gasteiger charge is -2.30. The first-order valence-corrected chi connectivity index (χ1v) is 12.2.